The number of amides is 1. The van der Waals surface area contributed by atoms with Gasteiger partial charge >= 0.3 is 0 Å². The van der Waals surface area contributed by atoms with Gasteiger partial charge in [-0.1, -0.05) is 6.92 Å². The molecule has 1 aromatic rings. The van der Waals surface area contributed by atoms with Crippen LogP contribution in [0, 0.1) is 0 Å². The Morgan fingerprint density at radius 2 is 2.33 bits per heavy atom. The number of nitrogens with one attached hydrogen (secondary N) is 1. The standard InChI is InChI=1S/C11H15NO5S/c1-2-10-9(4-6-17-10)11(13)12-18(14,15)8-3-5-16-7-8/h4,6,8H,2-3,5,7H2,1H3,(H,12,13). The van der Waals surface area contributed by atoms with Crippen molar-refractivity contribution >= 4 is 15.9 Å². The summed E-state index contributed by atoms with van der Waals surface area (Å²) in [5.74, 6) is -0.169. The second-order valence-electron chi connectivity index (χ2n) is 4.07. The molecular weight excluding hydrogens is 258 g/mol. The van der Waals surface area contributed by atoms with E-state index in [-0.39, 0.29) is 12.2 Å². The number of ether oxygens (including phenoxy) is 1. The van der Waals surface area contributed by atoms with Gasteiger partial charge in [0, 0.05) is 13.0 Å². The van der Waals surface area contributed by atoms with E-state index in [1.165, 1.54) is 12.3 Å². The Labute approximate surface area is 105 Å². The fraction of sp³-hybridized carbons (Fsp3) is 0.545. The lowest BCUT2D eigenvalue weighted by Crippen LogP contribution is -2.38. The smallest absolute Gasteiger partial charge is 0.268 e. The Hall–Kier alpha value is -1.34. The summed E-state index contributed by atoms with van der Waals surface area (Å²) >= 11 is 0. The first-order valence-electron chi connectivity index (χ1n) is 5.74. The predicted octanol–water partition coefficient (Wildman–Crippen LogP) is 0.691. The fourth-order valence-electron chi connectivity index (χ4n) is 1.84. The lowest BCUT2D eigenvalue weighted by atomic mass is 10.2. The van der Waals surface area contributed by atoms with Crippen LogP contribution in [0.3, 0.4) is 0 Å². The van der Waals surface area contributed by atoms with Gasteiger partial charge in [0.05, 0.1) is 18.4 Å². The molecule has 0 aromatic carbocycles. The Bertz CT molecular complexity index is 527. The molecule has 100 valence electrons. The number of carbonyl (C=O) groups excluding carboxylic acids is 1. The second-order valence-corrected chi connectivity index (χ2v) is 6.03. The lowest BCUT2D eigenvalue weighted by Gasteiger charge is -2.10. The summed E-state index contributed by atoms with van der Waals surface area (Å²) in [6, 6.07) is 1.47. The highest BCUT2D eigenvalue weighted by molar-refractivity contribution is 7.90. The van der Waals surface area contributed by atoms with E-state index < -0.39 is 21.2 Å². The number of rotatable bonds is 4. The summed E-state index contributed by atoms with van der Waals surface area (Å²) in [5.41, 5.74) is 0.264. The van der Waals surface area contributed by atoms with Crippen molar-refractivity contribution in [2.75, 3.05) is 13.2 Å². The molecule has 1 unspecified atom stereocenters. The second kappa shape index (κ2) is 5.11. The van der Waals surface area contributed by atoms with Crippen molar-refractivity contribution in [3.05, 3.63) is 23.7 Å². The topological polar surface area (TPSA) is 85.6 Å². The first-order valence-corrected chi connectivity index (χ1v) is 7.29. The van der Waals surface area contributed by atoms with Crippen LogP contribution < -0.4 is 4.72 Å². The van der Waals surface area contributed by atoms with Crippen LogP contribution in [0.2, 0.25) is 0 Å². The van der Waals surface area contributed by atoms with E-state index in [9.17, 15) is 13.2 Å². The van der Waals surface area contributed by atoms with Gasteiger partial charge in [-0.05, 0) is 12.5 Å². The Balaban J connectivity index is 2.11. The number of furan rings is 1. The number of hydrogen-bond acceptors (Lipinski definition) is 5. The summed E-state index contributed by atoms with van der Waals surface area (Å²) in [7, 11) is -3.68. The SMILES string of the molecule is CCc1occc1C(=O)NS(=O)(=O)C1CCOC1. The molecule has 0 saturated carbocycles. The van der Waals surface area contributed by atoms with Crippen molar-refractivity contribution in [1.82, 2.24) is 4.72 Å². The van der Waals surface area contributed by atoms with E-state index in [1.807, 2.05) is 6.92 Å². The highest BCUT2D eigenvalue weighted by Crippen LogP contribution is 2.15. The number of carbonyl (C=O) groups is 1. The molecule has 1 N–H and O–H groups in total. The molecule has 18 heavy (non-hydrogen) atoms. The van der Waals surface area contributed by atoms with E-state index in [0.717, 1.165) is 0 Å². The van der Waals surface area contributed by atoms with Crippen molar-refractivity contribution in [3.63, 3.8) is 0 Å². The van der Waals surface area contributed by atoms with Gasteiger partial charge in [0.15, 0.2) is 0 Å². The third-order valence-electron chi connectivity index (χ3n) is 2.87. The lowest BCUT2D eigenvalue weighted by molar-refractivity contribution is 0.0979. The minimum atomic E-state index is -3.68. The highest BCUT2D eigenvalue weighted by Gasteiger charge is 2.31. The Morgan fingerprint density at radius 3 is 2.94 bits per heavy atom. The van der Waals surface area contributed by atoms with Gasteiger partial charge in [-0.2, -0.15) is 0 Å². The van der Waals surface area contributed by atoms with Crippen LogP contribution in [0.4, 0.5) is 0 Å². The zero-order valence-electron chi connectivity index (χ0n) is 10.0. The van der Waals surface area contributed by atoms with Crippen LogP contribution in [0.25, 0.3) is 0 Å². The monoisotopic (exact) mass is 273 g/mol. The minimum absolute atomic E-state index is 0.134. The van der Waals surface area contributed by atoms with Crippen LogP contribution in [-0.4, -0.2) is 32.8 Å². The molecule has 7 heteroatoms. The van der Waals surface area contributed by atoms with Crippen molar-refractivity contribution in [3.8, 4) is 0 Å². The molecule has 0 radical (unpaired) electrons. The molecule has 1 aromatic heterocycles. The summed E-state index contributed by atoms with van der Waals surface area (Å²) in [6.07, 6.45) is 2.32. The molecule has 1 fully saturated rings. The maximum Gasteiger partial charge on any atom is 0.268 e. The highest BCUT2D eigenvalue weighted by atomic mass is 32.2. The Kier molecular flexibility index (Phi) is 3.72. The van der Waals surface area contributed by atoms with Crippen LogP contribution in [0.1, 0.15) is 29.5 Å². The van der Waals surface area contributed by atoms with Gasteiger partial charge in [-0.25, -0.2) is 13.1 Å². The van der Waals surface area contributed by atoms with Crippen LogP contribution in [0.5, 0.6) is 0 Å². The number of sulfonamides is 1. The average molecular weight is 273 g/mol. The zero-order chi connectivity index (χ0) is 13.2. The summed E-state index contributed by atoms with van der Waals surface area (Å²) < 4.78 is 36.0. The number of hydrogen-bond donors (Lipinski definition) is 1. The van der Waals surface area contributed by atoms with Gasteiger partial charge < -0.3 is 9.15 Å². The molecular formula is C11H15NO5S. The van der Waals surface area contributed by atoms with E-state index in [2.05, 4.69) is 4.72 Å². The number of aryl methyl sites for hydroxylation is 1. The summed E-state index contributed by atoms with van der Waals surface area (Å²) in [4.78, 5) is 11.9. The molecule has 1 aliphatic rings. The molecule has 6 nitrogen and oxygen atoms in total. The molecule has 0 bridgehead atoms. The maximum atomic E-state index is 11.9. The Morgan fingerprint density at radius 1 is 1.56 bits per heavy atom. The first kappa shape index (κ1) is 13.1. The maximum absolute atomic E-state index is 11.9. The van der Waals surface area contributed by atoms with E-state index in [4.69, 9.17) is 9.15 Å². The van der Waals surface area contributed by atoms with Crippen LogP contribution in [-0.2, 0) is 21.2 Å². The van der Waals surface area contributed by atoms with Gasteiger partial charge in [0.25, 0.3) is 5.91 Å². The van der Waals surface area contributed by atoms with E-state index in [1.54, 1.807) is 0 Å². The van der Waals surface area contributed by atoms with Gasteiger partial charge in [0.2, 0.25) is 10.0 Å². The molecule has 1 aliphatic heterocycles. The average Bonchev–Trinajstić information content (AvgIpc) is 2.99. The minimum Gasteiger partial charge on any atom is -0.469 e. The third-order valence-corrected chi connectivity index (χ3v) is 4.59. The van der Waals surface area contributed by atoms with Gasteiger partial charge in [-0.3, -0.25) is 4.79 Å². The van der Waals surface area contributed by atoms with Gasteiger partial charge in [-0.15, -0.1) is 0 Å². The third kappa shape index (κ3) is 2.56. The molecule has 1 amide bonds. The quantitative estimate of drug-likeness (QED) is 0.872. The predicted molar refractivity (Wildman–Crippen MR) is 63.7 cm³/mol. The van der Waals surface area contributed by atoms with Crippen molar-refractivity contribution in [1.29, 1.82) is 0 Å². The zero-order valence-corrected chi connectivity index (χ0v) is 10.8. The van der Waals surface area contributed by atoms with Crippen molar-refractivity contribution in [2.24, 2.45) is 0 Å². The fourth-order valence-corrected chi connectivity index (χ4v) is 3.06. The van der Waals surface area contributed by atoms with Crippen molar-refractivity contribution in [2.45, 2.75) is 25.0 Å². The normalized spacial score (nSPS) is 19.9. The molecule has 2 heterocycles. The van der Waals surface area contributed by atoms with Crippen LogP contribution >= 0.6 is 0 Å². The van der Waals surface area contributed by atoms with E-state index >= 15 is 0 Å². The summed E-state index contributed by atoms with van der Waals surface area (Å²) in [5, 5.41) is -0.654. The summed E-state index contributed by atoms with van der Waals surface area (Å²) in [6.45, 7) is 2.37. The molecule has 0 spiro atoms. The molecule has 1 saturated heterocycles. The van der Waals surface area contributed by atoms with E-state index in [0.29, 0.717) is 25.2 Å². The molecule has 1 atom stereocenters. The molecule has 0 aliphatic carbocycles. The van der Waals surface area contributed by atoms with Crippen molar-refractivity contribution < 1.29 is 22.4 Å². The first-order chi connectivity index (χ1) is 8.54. The van der Waals surface area contributed by atoms with Gasteiger partial charge in [0.1, 0.15) is 11.0 Å². The largest absolute Gasteiger partial charge is 0.469 e. The van der Waals surface area contributed by atoms with Crippen LogP contribution in [0.15, 0.2) is 16.7 Å². The molecule has 2 rings (SSSR count).